The van der Waals surface area contributed by atoms with Crippen LogP contribution in [-0.2, 0) is 4.74 Å². The van der Waals surface area contributed by atoms with Crippen molar-refractivity contribution in [1.82, 2.24) is 0 Å². The molecule has 1 heterocycles. The molecular weight excluding hydrogens is 220 g/mol. The molecule has 0 aromatic heterocycles. The van der Waals surface area contributed by atoms with Crippen molar-refractivity contribution in [3.05, 3.63) is 24.3 Å². The second kappa shape index (κ2) is 4.74. The first-order valence-corrected chi connectivity index (χ1v) is 5.22. The molecule has 0 spiro atoms. The Morgan fingerprint density at radius 2 is 2.41 bits per heavy atom. The van der Waals surface area contributed by atoms with E-state index in [9.17, 15) is 4.79 Å². The number of methoxy groups -OCH3 is 1. The van der Waals surface area contributed by atoms with E-state index >= 15 is 0 Å². The minimum atomic E-state index is -0.426. The first-order chi connectivity index (χ1) is 8.24. The molecule has 1 saturated heterocycles. The number of hydrogen-bond donors (Lipinski definition) is 0. The number of carbonyl (C=O) groups excluding carboxylic acids is 1. The van der Waals surface area contributed by atoms with E-state index in [2.05, 4.69) is 6.07 Å². The van der Waals surface area contributed by atoms with Crippen molar-refractivity contribution in [2.24, 2.45) is 5.92 Å². The Morgan fingerprint density at radius 1 is 1.59 bits per heavy atom. The lowest BCUT2D eigenvalue weighted by Crippen LogP contribution is -2.42. The maximum Gasteiger partial charge on any atom is 0.414 e. The zero-order chi connectivity index (χ0) is 12.3. The number of amides is 1. The molecule has 0 N–H and O–H groups in total. The fraction of sp³-hybridized carbons (Fsp3) is 0.333. The summed E-state index contributed by atoms with van der Waals surface area (Å²) in [6, 6.07) is 9.20. The van der Waals surface area contributed by atoms with Crippen LogP contribution in [0.3, 0.4) is 0 Å². The van der Waals surface area contributed by atoms with Gasteiger partial charge in [-0.15, -0.1) is 0 Å². The number of rotatable bonds is 2. The monoisotopic (exact) mass is 232 g/mol. The lowest BCUT2D eigenvalue weighted by Gasteiger charge is -2.29. The highest BCUT2D eigenvalue weighted by atomic mass is 16.6. The molecule has 17 heavy (non-hydrogen) atoms. The van der Waals surface area contributed by atoms with Crippen molar-refractivity contribution in [3.8, 4) is 11.8 Å². The number of nitriles is 1. The van der Waals surface area contributed by atoms with Crippen LogP contribution in [-0.4, -0.2) is 26.4 Å². The lowest BCUT2D eigenvalue weighted by molar-refractivity contribution is 0.127. The summed E-state index contributed by atoms with van der Waals surface area (Å²) in [5, 5.41) is 8.85. The molecule has 5 nitrogen and oxygen atoms in total. The number of anilines is 1. The highest BCUT2D eigenvalue weighted by molar-refractivity contribution is 5.88. The summed E-state index contributed by atoms with van der Waals surface area (Å²) in [6.07, 6.45) is -0.426. The number of benzene rings is 1. The first kappa shape index (κ1) is 11.3. The number of carbonyl (C=O) groups is 1. The third kappa shape index (κ3) is 2.31. The van der Waals surface area contributed by atoms with E-state index in [1.807, 2.05) is 0 Å². The van der Waals surface area contributed by atoms with Crippen LogP contribution in [0, 0.1) is 17.2 Å². The van der Waals surface area contributed by atoms with Gasteiger partial charge in [0.25, 0.3) is 0 Å². The van der Waals surface area contributed by atoms with Gasteiger partial charge in [-0.05, 0) is 12.1 Å². The van der Waals surface area contributed by atoms with Crippen LogP contribution in [0.1, 0.15) is 0 Å². The Hall–Kier alpha value is -2.22. The molecule has 0 radical (unpaired) electrons. The Balaban J connectivity index is 2.24. The number of cyclic esters (lactones) is 1. The Labute approximate surface area is 99.2 Å². The van der Waals surface area contributed by atoms with Crippen LogP contribution in [0.15, 0.2) is 24.3 Å². The molecule has 1 aromatic carbocycles. The minimum absolute atomic E-state index is 0.163. The van der Waals surface area contributed by atoms with Crippen molar-refractivity contribution >= 4 is 11.8 Å². The molecule has 0 saturated carbocycles. The van der Waals surface area contributed by atoms with E-state index < -0.39 is 6.09 Å². The molecule has 1 atom stereocenters. The van der Waals surface area contributed by atoms with Gasteiger partial charge in [0, 0.05) is 12.6 Å². The SMILES string of the molecule is COc1cccc(N2CC(C#N)COC2=O)c1. The number of nitrogens with zero attached hydrogens (tertiary/aromatic N) is 2. The average molecular weight is 232 g/mol. The van der Waals surface area contributed by atoms with Crippen LogP contribution >= 0.6 is 0 Å². The van der Waals surface area contributed by atoms with Gasteiger partial charge in [-0.25, -0.2) is 4.79 Å². The van der Waals surface area contributed by atoms with Gasteiger partial charge in [0.1, 0.15) is 12.4 Å². The standard InChI is InChI=1S/C12H12N2O3/c1-16-11-4-2-3-10(5-11)14-7-9(6-13)8-17-12(14)15/h2-5,9H,7-8H2,1H3. The Kier molecular flexibility index (Phi) is 3.15. The quantitative estimate of drug-likeness (QED) is 0.779. The van der Waals surface area contributed by atoms with E-state index in [4.69, 9.17) is 14.7 Å². The highest BCUT2D eigenvalue weighted by Gasteiger charge is 2.28. The fourth-order valence-electron chi connectivity index (χ4n) is 1.66. The minimum Gasteiger partial charge on any atom is -0.497 e. The van der Waals surface area contributed by atoms with E-state index in [0.29, 0.717) is 18.0 Å². The maximum absolute atomic E-state index is 11.6. The smallest absolute Gasteiger partial charge is 0.414 e. The van der Waals surface area contributed by atoms with Crippen molar-refractivity contribution in [3.63, 3.8) is 0 Å². The molecule has 2 rings (SSSR count). The third-order valence-electron chi connectivity index (χ3n) is 2.58. The van der Waals surface area contributed by atoms with Crippen LogP contribution < -0.4 is 9.64 Å². The second-order valence-electron chi connectivity index (χ2n) is 3.72. The van der Waals surface area contributed by atoms with Crippen LogP contribution in [0.5, 0.6) is 5.75 Å². The van der Waals surface area contributed by atoms with E-state index in [1.165, 1.54) is 4.90 Å². The zero-order valence-electron chi connectivity index (χ0n) is 9.42. The normalized spacial score (nSPS) is 19.4. The fourth-order valence-corrected chi connectivity index (χ4v) is 1.66. The largest absolute Gasteiger partial charge is 0.497 e. The molecule has 1 aromatic rings. The van der Waals surface area contributed by atoms with E-state index in [-0.39, 0.29) is 12.5 Å². The third-order valence-corrected chi connectivity index (χ3v) is 2.58. The Bertz CT molecular complexity index is 467. The molecule has 0 bridgehead atoms. The van der Waals surface area contributed by atoms with Crippen LogP contribution in [0.2, 0.25) is 0 Å². The van der Waals surface area contributed by atoms with Crippen LogP contribution in [0.25, 0.3) is 0 Å². The van der Waals surface area contributed by atoms with Gasteiger partial charge < -0.3 is 9.47 Å². The summed E-state index contributed by atoms with van der Waals surface area (Å²) in [4.78, 5) is 13.1. The van der Waals surface area contributed by atoms with Gasteiger partial charge in [0.15, 0.2) is 0 Å². The summed E-state index contributed by atoms with van der Waals surface area (Å²) in [6.45, 7) is 0.512. The van der Waals surface area contributed by atoms with Crippen molar-refractivity contribution in [1.29, 1.82) is 5.26 Å². The molecule has 1 fully saturated rings. The summed E-state index contributed by atoms with van der Waals surface area (Å²) in [5.74, 6) is 0.369. The van der Waals surface area contributed by atoms with Gasteiger partial charge in [0.05, 0.1) is 24.8 Å². The van der Waals surface area contributed by atoms with Gasteiger partial charge in [-0.1, -0.05) is 6.07 Å². The topological polar surface area (TPSA) is 62.6 Å². The van der Waals surface area contributed by atoms with Gasteiger partial charge in [0.2, 0.25) is 0 Å². The predicted molar refractivity (Wildman–Crippen MR) is 60.8 cm³/mol. The summed E-state index contributed by atoms with van der Waals surface area (Å²) < 4.78 is 10.0. The predicted octanol–water partition coefficient (Wildman–Crippen LogP) is 1.79. The molecule has 1 amide bonds. The molecular formula is C12H12N2O3. The van der Waals surface area contributed by atoms with Gasteiger partial charge in [-0.3, -0.25) is 4.90 Å². The molecule has 88 valence electrons. The summed E-state index contributed by atoms with van der Waals surface area (Å²) >= 11 is 0. The average Bonchev–Trinajstić information content (AvgIpc) is 2.39. The molecule has 1 aliphatic rings. The maximum atomic E-state index is 11.6. The van der Waals surface area contributed by atoms with Gasteiger partial charge in [-0.2, -0.15) is 5.26 Å². The van der Waals surface area contributed by atoms with E-state index in [1.54, 1.807) is 31.4 Å². The lowest BCUT2D eigenvalue weighted by atomic mass is 10.1. The van der Waals surface area contributed by atoms with E-state index in [0.717, 1.165) is 0 Å². The first-order valence-electron chi connectivity index (χ1n) is 5.22. The van der Waals surface area contributed by atoms with Gasteiger partial charge >= 0.3 is 6.09 Å². The number of hydrogen-bond acceptors (Lipinski definition) is 4. The number of ether oxygens (including phenoxy) is 2. The van der Waals surface area contributed by atoms with Crippen molar-refractivity contribution in [2.45, 2.75) is 0 Å². The van der Waals surface area contributed by atoms with Crippen molar-refractivity contribution < 1.29 is 14.3 Å². The molecule has 1 aliphatic heterocycles. The second-order valence-corrected chi connectivity index (χ2v) is 3.72. The summed E-state index contributed by atoms with van der Waals surface area (Å²) in [5.41, 5.74) is 0.675. The Morgan fingerprint density at radius 3 is 3.12 bits per heavy atom. The highest BCUT2D eigenvalue weighted by Crippen LogP contribution is 2.24. The van der Waals surface area contributed by atoms with Crippen LogP contribution in [0.4, 0.5) is 10.5 Å². The molecule has 0 aliphatic carbocycles. The van der Waals surface area contributed by atoms with Crippen molar-refractivity contribution in [2.75, 3.05) is 25.2 Å². The molecule has 1 unspecified atom stereocenters. The molecule has 5 heteroatoms. The zero-order valence-corrected chi connectivity index (χ0v) is 9.42. The summed E-state index contributed by atoms with van der Waals surface area (Å²) in [7, 11) is 1.56.